The normalized spacial score (nSPS) is 30.0. The monoisotopic (exact) mass is 241 g/mol. The zero-order valence-electron chi connectivity index (χ0n) is 12.1. The molecule has 1 fully saturated rings. The van der Waals surface area contributed by atoms with Crippen molar-refractivity contribution < 1.29 is 5.11 Å². The summed E-state index contributed by atoms with van der Waals surface area (Å²) >= 11 is 0. The molecule has 17 heavy (non-hydrogen) atoms. The van der Waals surface area contributed by atoms with Gasteiger partial charge in [-0.2, -0.15) is 0 Å². The Kier molecular flexibility index (Phi) is 6.50. The third-order valence-corrected chi connectivity index (χ3v) is 4.17. The van der Waals surface area contributed by atoms with Crippen LogP contribution in [0.4, 0.5) is 0 Å². The summed E-state index contributed by atoms with van der Waals surface area (Å²) in [7, 11) is 0. The van der Waals surface area contributed by atoms with E-state index < -0.39 is 0 Å². The van der Waals surface area contributed by atoms with Crippen molar-refractivity contribution in [3.8, 4) is 0 Å². The Morgan fingerprint density at radius 1 is 1.06 bits per heavy atom. The van der Waals surface area contributed by atoms with Crippen LogP contribution in [0.25, 0.3) is 0 Å². The second-order valence-electron chi connectivity index (χ2n) is 6.36. The van der Waals surface area contributed by atoms with Crippen molar-refractivity contribution in [1.29, 1.82) is 0 Å². The summed E-state index contributed by atoms with van der Waals surface area (Å²) in [5, 5.41) is 13.1. The van der Waals surface area contributed by atoms with Crippen molar-refractivity contribution in [1.82, 2.24) is 5.32 Å². The highest BCUT2D eigenvalue weighted by atomic mass is 16.3. The second kappa shape index (κ2) is 7.38. The molecule has 0 saturated heterocycles. The number of aliphatic hydroxyl groups is 1. The van der Waals surface area contributed by atoms with Crippen LogP contribution < -0.4 is 5.32 Å². The van der Waals surface area contributed by atoms with E-state index in [1.54, 1.807) is 0 Å². The summed E-state index contributed by atoms with van der Waals surface area (Å²) in [6.45, 7) is 8.78. The molecule has 2 heteroatoms. The molecule has 0 amide bonds. The number of nitrogens with one attached hydrogen (secondary N) is 1. The molecule has 4 atom stereocenters. The van der Waals surface area contributed by atoms with E-state index in [-0.39, 0.29) is 6.10 Å². The molecule has 0 aromatic rings. The number of hydrogen-bond donors (Lipinski definition) is 2. The summed E-state index contributed by atoms with van der Waals surface area (Å²) in [4.78, 5) is 0. The van der Waals surface area contributed by atoms with Gasteiger partial charge in [-0.05, 0) is 51.4 Å². The molecule has 0 heterocycles. The van der Waals surface area contributed by atoms with E-state index in [1.807, 2.05) is 6.92 Å². The lowest BCUT2D eigenvalue weighted by Gasteiger charge is -2.23. The quantitative estimate of drug-likeness (QED) is 0.724. The van der Waals surface area contributed by atoms with Crippen molar-refractivity contribution in [3.63, 3.8) is 0 Å². The van der Waals surface area contributed by atoms with Crippen LogP contribution in [0, 0.1) is 11.8 Å². The lowest BCUT2D eigenvalue weighted by molar-refractivity contribution is 0.166. The summed E-state index contributed by atoms with van der Waals surface area (Å²) in [6, 6.07) is 1.11. The summed E-state index contributed by atoms with van der Waals surface area (Å²) < 4.78 is 0. The molecule has 0 aliphatic heterocycles. The van der Waals surface area contributed by atoms with Crippen molar-refractivity contribution in [2.75, 3.05) is 0 Å². The van der Waals surface area contributed by atoms with Gasteiger partial charge in [-0.25, -0.2) is 0 Å². The maximum atomic E-state index is 9.38. The first-order chi connectivity index (χ1) is 7.99. The van der Waals surface area contributed by atoms with Crippen LogP contribution in [0.15, 0.2) is 0 Å². The van der Waals surface area contributed by atoms with Gasteiger partial charge in [0, 0.05) is 12.1 Å². The molecule has 2 N–H and O–H groups in total. The number of aliphatic hydroxyl groups excluding tert-OH is 1. The summed E-state index contributed by atoms with van der Waals surface area (Å²) in [5.41, 5.74) is 0. The number of hydrogen-bond acceptors (Lipinski definition) is 2. The highest BCUT2D eigenvalue weighted by molar-refractivity contribution is 4.78. The molecule has 0 radical (unpaired) electrons. The molecule has 1 rings (SSSR count). The predicted octanol–water partition coefficient (Wildman–Crippen LogP) is 3.34. The molecule has 4 unspecified atom stereocenters. The fraction of sp³-hybridized carbons (Fsp3) is 1.00. The first-order valence-electron chi connectivity index (χ1n) is 7.43. The molecular formula is C15H31NO. The highest BCUT2D eigenvalue weighted by Crippen LogP contribution is 2.29. The van der Waals surface area contributed by atoms with Crippen molar-refractivity contribution in [2.24, 2.45) is 11.8 Å². The fourth-order valence-corrected chi connectivity index (χ4v) is 3.15. The van der Waals surface area contributed by atoms with E-state index in [2.05, 4.69) is 26.1 Å². The van der Waals surface area contributed by atoms with E-state index >= 15 is 0 Å². The average molecular weight is 241 g/mol. The Hall–Kier alpha value is -0.0800. The van der Waals surface area contributed by atoms with Gasteiger partial charge in [0.25, 0.3) is 0 Å². The third kappa shape index (κ3) is 5.87. The Morgan fingerprint density at radius 3 is 2.35 bits per heavy atom. The van der Waals surface area contributed by atoms with Crippen LogP contribution in [0.1, 0.15) is 66.2 Å². The van der Waals surface area contributed by atoms with Crippen LogP contribution in [-0.2, 0) is 0 Å². The van der Waals surface area contributed by atoms with E-state index in [0.29, 0.717) is 12.1 Å². The van der Waals surface area contributed by atoms with Crippen LogP contribution >= 0.6 is 0 Å². The maximum absolute atomic E-state index is 9.38. The Morgan fingerprint density at radius 2 is 1.76 bits per heavy atom. The zero-order chi connectivity index (χ0) is 12.8. The van der Waals surface area contributed by atoms with Gasteiger partial charge in [-0.15, -0.1) is 0 Å². The highest BCUT2D eigenvalue weighted by Gasteiger charge is 2.21. The molecule has 0 aromatic carbocycles. The molecule has 0 bridgehead atoms. The van der Waals surface area contributed by atoms with Crippen molar-refractivity contribution >= 4 is 0 Å². The molecule has 1 aliphatic carbocycles. The number of rotatable bonds is 5. The largest absolute Gasteiger partial charge is 0.393 e. The molecule has 2 nitrogen and oxygen atoms in total. The fourth-order valence-electron chi connectivity index (χ4n) is 3.15. The van der Waals surface area contributed by atoms with Gasteiger partial charge in [-0.1, -0.05) is 26.7 Å². The lowest BCUT2D eigenvalue weighted by atomic mass is 9.89. The van der Waals surface area contributed by atoms with Crippen molar-refractivity contribution in [3.05, 3.63) is 0 Å². The molecule has 1 aliphatic rings. The molecule has 1 saturated carbocycles. The second-order valence-corrected chi connectivity index (χ2v) is 6.36. The minimum absolute atomic E-state index is 0.188. The molecular weight excluding hydrogens is 210 g/mol. The van der Waals surface area contributed by atoms with Crippen LogP contribution in [0.3, 0.4) is 0 Å². The van der Waals surface area contributed by atoms with Gasteiger partial charge < -0.3 is 10.4 Å². The summed E-state index contributed by atoms with van der Waals surface area (Å²) in [6.07, 6.45) is 7.44. The summed E-state index contributed by atoms with van der Waals surface area (Å²) in [5.74, 6) is 1.76. The first-order valence-corrected chi connectivity index (χ1v) is 7.43. The smallest absolute Gasteiger partial charge is 0.0526 e. The van der Waals surface area contributed by atoms with Gasteiger partial charge in [0.2, 0.25) is 0 Å². The first kappa shape index (κ1) is 15.0. The van der Waals surface area contributed by atoms with Gasteiger partial charge in [0.15, 0.2) is 0 Å². The minimum atomic E-state index is -0.188. The van der Waals surface area contributed by atoms with E-state index in [9.17, 15) is 5.11 Å². The topological polar surface area (TPSA) is 32.3 Å². The van der Waals surface area contributed by atoms with Gasteiger partial charge in [-0.3, -0.25) is 0 Å². The average Bonchev–Trinajstić information content (AvgIpc) is 2.41. The van der Waals surface area contributed by atoms with E-state index in [4.69, 9.17) is 0 Å². The Bertz CT molecular complexity index is 203. The lowest BCUT2D eigenvalue weighted by Crippen LogP contribution is -2.37. The standard InChI is InChI=1S/C15H31NO/c1-11(2)14-6-5-7-15(9-8-14)16-12(3)10-13(4)17/h11-17H,5-10H2,1-4H3. The van der Waals surface area contributed by atoms with Gasteiger partial charge >= 0.3 is 0 Å². The van der Waals surface area contributed by atoms with Crippen LogP contribution in [0.5, 0.6) is 0 Å². The third-order valence-electron chi connectivity index (χ3n) is 4.17. The maximum Gasteiger partial charge on any atom is 0.0526 e. The SMILES string of the molecule is CC(O)CC(C)NC1CCCC(C(C)C)CC1. The molecule has 0 aromatic heterocycles. The molecule has 102 valence electrons. The van der Waals surface area contributed by atoms with Crippen LogP contribution in [0.2, 0.25) is 0 Å². The van der Waals surface area contributed by atoms with Crippen molar-refractivity contribution in [2.45, 2.75) is 84.4 Å². The molecule has 0 spiro atoms. The van der Waals surface area contributed by atoms with Crippen LogP contribution in [-0.4, -0.2) is 23.3 Å². The zero-order valence-corrected chi connectivity index (χ0v) is 12.1. The van der Waals surface area contributed by atoms with E-state index in [1.165, 1.54) is 32.1 Å². The minimum Gasteiger partial charge on any atom is -0.393 e. The van der Waals surface area contributed by atoms with Gasteiger partial charge in [0.1, 0.15) is 0 Å². The van der Waals surface area contributed by atoms with E-state index in [0.717, 1.165) is 18.3 Å². The Balaban J connectivity index is 2.31. The predicted molar refractivity (Wildman–Crippen MR) is 74.1 cm³/mol. The van der Waals surface area contributed by atoms with Gasteiger partial charge in [0.05, 0.1) is 6.10 Å². The Labute approximate surface area is 107 Å².